The van der Waals surface area contributed by atoms with Crippen molar-refractivity contribution in [1.82, 2.24) is 15.3 Å². The fraction of sp³-hybridized carbons (Fsp3) is 0.615. The van der Waals surface area contributed by atoms with Crippen molar-refractivity contribution >= 4 is 11.5 Å². The third kappa shape index (κ3) is 3.20. The van der Waals surface area contributed by atoms with E-state index in [-0.39, 0.29) is 17.4 Å². The van der Waals surface area contributed by atoms with Gasteiger partial charge in [0.25, 0.3) is 0 Å². The number of hydrogen-bond donors (Lipinski definition) is 2. The molecule has 5 heteroatoms. The van der Waals surface area contributed by atoms with Crippen molar-refractivity contribution in [1.29, 1.82) is 0 Å². The maximum absolute atomic E-state index is 9.58. The maximum atomic E-state index is 9.58. The lowest BCUT2D eigenvalue weighted by atomic mass is 9.62. The van der Waals surface area contributed by atoms with Crippen LogP contribution in [0.15, 0.2) is 24.5 Å². The number of aryl methyl sites for hydroxylation is 1. The summed E-state index contributed by atoms with van der Waals surface area (Å²) in [5, 5.41) is 13.2. The lowest BCUT2D eigenvalue weighted by Crippen LogP contribution is -2.55. The van der Waals surface area contributed by atoms with Gasteiger partial charge in [-0.25, -0.2) is 9.97 Å². The molecule has 1 fully saturated rings. The van der Waals surface area contributed by atoms with Crippen LogP contribution in [0.5, 0.6) is 0 Å². The summed E-state index contributed by atoms with van der Waals surface area (Å²) >= 11 is 0. The van der Waals surface area contributed by atoms with Gasteiger partial charge in [-0.15, -0.1) is 0 Å². The summed E-state index contributed by atoms with van der Waals surface area (Å²) < 4.78 is 0. The lowest BCUT2D eigenvalue weighted by Gasteiger charge is -2.48. The Kier molecular flexibility index (Phi) is 5.10. The maximum Gasteiger partial charge on any atom is 0.140 e. The Morgan fingerprint density at radius 1 is 1.19 bits per heavy atom. The molecule has 2 aliphatic heterocycles. The number of nitrogens with zero attached hydrogens (tertiary/aromatic N) is 3. The molecular formula is C26H36N4O. The van der Waals surface area contributed by atoms with Crippen LogP contribution in [-0.2, 0) is 18.3 Å². The summed E-state index contributed by atoms with van der Waals surface area (Å²) in [7, 11) is 0. The zero-order chi connectivity index (χ0) is 21.8. The van der Waals surface area contributed by atoms with Crippen LogP contribution in [0.2, 0.25) is 0 Å². The summed E-state index contributed by atoms with van der Waals surface area (Å²) in [5.74, 6) is 1.62. The zero-order valence-electron chi connectivity index (χ0n) is 19.4. The SMILES string of the molecule is C[C@@H]1CCc2ncnc(N3c4ccc(CCO)cc4C4(CCNCC4)C3C(C)(C)C)c21. The smallest absolute Gasteiger partial charge is 0.140 e. The van der Waals surface area contributed by atoms with Crippen LogP contribution < -0.4 is 10.2 Å². The van der Waals surface area contributed by atoms with Crippen LogP contribution in [0.1, 0.15) is 75.3 Å². The van der Waals surface area contributed by atoms with E-state index in [1.54, 1.807) is 6.33 Å². The summed E-state index contributed by atoms with van der Waals surface area (Å²) in [6.45, 7) is 11.8. The van der Waals surface area contributed by atoms with E-state index in [1.807, 2.05) is 0 Å². The minimum absolute atomic E-state index is 0.0766. The third-order valence-corrected chi connectivity index (χ3v) is 7.84. The van der Waals surface area contributed by atoms with Crippen LogP contribution in [0, 0.1) is 5.41 Å². The number of rotatable bonds is 3. The number of fused-ring (bicyclic) bond motifs is 3. The largest absolute Gasteiger partial charge is 0.396 e. The average Bonchev–Trinajstić information content (AvgIpc) is 3.25. The van der Waals surface area contributed by atoms with Crippen LogP contribution in [0.3, 0.4) is 0 Å². The van der Waals surface area contributed by atoms with E-state index in [0.717, 1.165) is 44.6 Å². The van der Waals surface area contributed by atoms with Crippen molar-refractivity contribution in [2.24, 2.45) is 5.41 Å². The van der Waals surface area contributed by atoms with Gasteiger partial charge in [-0.2, -0.15) is 0 Å². The van der Waals surface area contributed by atoms with Crippen molar-refractivity contribution in [3.8, 4) is 0 Å². The highest BCUT2D eigenvalue weighted by Gasteiger charge is 2.56. The molecule has 5 rings (SSSR count). The molecule has 1 unspecified atom stereocenters. The van der Waals surface area contributed by atoms with Gasteiger partial charge < -0.3 is 15.3 Å². The molecule has 31 heavy (non-hydrogen) atoms. The standard InChI is InChI=1S/C26H36N4O/c1-17-5-7-20-22(17)23(29-16-28-20)30-21-8-6-18(9-14-31)15-19(21)26(10-12-27-13-11-26)24(30)25(2,3)4/h6,8,15-17,24,27,31H,5,7,9-14H2,1-4H3/t17-,24?/m1/s1. The first-order valence-corrected chi connectivity index (χ1v) is 11.9. The number of piperidine rings is 1. The highest BCUT2D eigenvalue weighted by Crippen LogP contribution is 2.58. The van der Waals surface area contributed by atoms with Crippen LogP contribution >= 0.6 is 0 Å². The van der Waals surface area contributed by atoms with E-state index >= 15 is 0 Å². The Morgan fingerprint density at radius 2 is 1.97 bits per heavy atom. The highest BCUT2D eigenvalue weighted by atomic mass is 16.2. The molecule has 166 valence electrons. The van der Waals surface area contributed by atoms with Crippen molar-refractivity contribution in [2.75, 3.05) is 24.6 Å². The molecule has 3 heterocycles. The molecule has 1 spiro atoms. The molecule has 1 aromatic heterocycles. The number of aliphatic hydroxyl groups excluding tert-OH is 1. The normalized spacial score (nSPS) is 24.5. The zero-order valence-corrected chi connectivity index (χ0v) is 19.4. The van der Waals surface area contributed by atoms with Gasteiger partial charge in [-0.3, -0.25) is 0 Å². The van der Waals surface area contributed by atoms with Gasteiger partial charge in [0.05, 0.1) is 6.04 Å². The summed E-state index contributed by atoms with van der Waals surface area (Å²) in [5.41, 5.74) is 6.75. The Morgan fingerprint density at radius 3 is 2.68 bits per heavy atom. The lowest BCUT2D eigenvalue weighted by molar-refractivity contribution is 0.172. The number of nitrogens with one attached hydrogen (secondary N) is 1. The molecule has 1 saturated heterocycles. The molecule has 2 atom stereocenters. The first-order chi connectivity index (χ1) is 14.9. The predicted molar refractivity (Wildman–Crippen MR) is 125 cm³/mol. The van der Waals surface area contributed by atoms with Crippen LogP contribution in [0.25, 0.3) is 0 Å². The van der Waals surface area contributed by atoms with Gasteiger partial charge in [0, 0.05) is 29.0 Å². The Labute approximate surface area is 186 Å². The quantitative estimate of drug-likeness (QED) is 0.777. The van der Waals surface area contributed by atoms with Crippen molar-refractivity contribution in [3.63, 3.8) is 0 Å². The predicted octanol–water partition coefficient (Wildman–Crippen LogP) is 4.25. The molecule has 0 saturated carbocycles. The molecule has 1 aliphatic carbocycles. The number of aliphatic hydroxyl groups is 1. The number of aromatic nitrogens is 2. The fourth-order valence-corrected chi connectivity index (χ4v) is 6.69. The molecule has 0 radical (unpaired) electrons. The number of hydrogen-bond acceptors (Lipinski definition) is 5. The minimum Gasteiger partial charge on any atom is -0.396 e. The van der Waals surface area contributed by atoms with Crippen LogP contribution in [0.4, 0.5) is 11.5 Å². The van der Waals surface area contributed by atoms with Gasteiger partial charge in [-0.05, 0) is 73.7 Å². The van der Waals surface area contributed by atoms with E-state index < -0.39 is 0 Å². The Bertz CT molecular complexity index is 974. The second kappa shape index (κ2) is 7.56. The van der Waals surface area contributed by atoms with E-state index in [0.29, 0.717) is 18.4 Å². The van der Waals surface area contributed by atoms with Gasteiger partial charge in [0.1, 0.15) is 12.1 Å². The van der Waals surface area contributed by atoms with Gasteiger partial charge in [0.15, 0.2) is 0 Å². The van der Waals surface area contributed by atoms with Crippen LogP contribution in [-0.4, -0.2) is 40.8 Å². The molecule has 2 aromatic rings. The topological polar surface area (TPSA) is 61.3 Å². The van der Waals surface area contributed by atoms with E-state index in [1.165, 1.54) is 28.1 Å². The Hall–Kier alpha value is -1.98. The van der Waals surface area contributed by atoms with E-state index in [9.17, 15) is 5.11 Å². The second-order valence-corrected chi connectivity index (χ2v) is 10.9. The van der Waals surface area contributed by atoms with E-state index in [4.69, 9.17) is 4.98 Å². The Balaban J connectivity index is 1.76. The fourth-order valence-electron chi connectivity index (χ4n) is 6.69. The summed E-state index contributed by atoms with van der Waals surface area (Å²) in [6, 6.07) is 7.21. The third-order valence-electron chi connectivity index (χ3n) is 7.84. The monoisotopic (exact) mass is 420 g/mol. The number of benzene rings is 1. The molecular weight excluding hydrogens is 384 g/mol. The van der Waals surface area contributed by atoms with Gasteiger partial charge in [-0.1, -0.05) is 39.8 Å². The first kappa shape index (κ1) is 20.9. The summed E-state index contributed by atoms with van der Waals surface area (Å²) in [6.07, 6.45) is 6.96. The molecule has 0 amide bonds. The molecule has 0 bridgehead atoms. The molecule has 1 aromatic carbocycles. The first-order valence-electron chi connectivity index (χ1n) is 11.9. The summed E-state index contributed by atoms with van der Waals surface area (Å²) in [4.78, 5) is 12.2. The average molecular weight is 421 g/mol. The van der Waals surface area contributed by atoms with Gasteiger partial charge >= 0.3 is 0 Å². The van der Waals surface area contributed by atoms with E-state index in [2.05, 4.69) is 61.1 Å². The minimum atomic E-state index is 0.0766. The van der Waals surface area contributed by atoms with Gasteiger partial charge in [0.2, 0.25) is 0 Å². The molecule has 5 nitrogen and oxygen atoms in total. The second-order valence-electron chi connectivity index (χ2n) is 10.9. The highest BCUT2D eigenvalue weighted by molar-refractivity contribution is 5.76. The van der Waals surface area contributed by atoms with Crippen molar-refractivity contribution in [2.45, 2.75) is 77.2 Å². The molecule has 3 aliphatic rings. The number of anilines is 2. The van der Waals surface area contributed by atoms with Crippen molar-refractivity contribution < 1.29 is 5.11 Å². The molecule has 2 N–H and O–H groups in total. The van der Waals surface area contributed by atoms with Crippen molar-refractivity contribution in [3.05, 3.63) is 46.9 Å².